The molecule has 0 radical (unpaired) electrons. The number of nitrogens with one attached hydrogen (secondary N) is 1. The van der Waals surface area contributed by atoms with Crippen LogP contribution in [0.5, 0.6) is 0 Å². The highest BCUT2D eigenvalue weighted by atomic mass is 16.6. The van der Waals surface area contributed by atoms with Crippen LogP contribution in [0.1, 0.15) is 12.8 Å². The van der Waals surface area contributed by atoms with E-state index in [1.165, 1.54) is 0 Å². The van der Waals surface area contributed by atoms with Gasteiger partial charge in [-0.1, -0.05) is 0 Å². The van der Waals surface area contributed by atoms with Crippen LogP contribution >= 0.6 is 0 Å². The van der Waals surface area contributed by atoms with Gasteiger partial charge in [-0.25, -0.2) is 0 Å². The van der Waals surface area contributed by atoms with Gasteiger partial charge in [0.2, 0.25) is 0 Å². The maximum atomic E-state index is 10.5. The Balaban J connectivity index is 3.08. The first-order valence-electron chi connectivity index (χ1n) is 3.75. The lowest BCUT2D eigenvalue weighted by Gasteiger charge is -2.09. The number of rotatable bonds is 3. The summed E-state index contributed by atoms with van der Waals surface area (Å²) >= 11 is 0. The number of allylic oxidation sites excluding steroid dienone is 3. The van der Waals surface area contributed by atoms with Crippen molar-refractivity contribution in [2.45, 2.75) is 12.8 Å². The third-order valence-corrected chi connectivity index (χ3v) is 1.85. The van der Waals surface area contributed by atoms with Crippen molar-refractivity contribution in [1.82, 2.24) is 5.43 Å². The van der Waals surface area contributed by atoms with Crippen LogP contribution in [0.2, 0.25) is 0 Å². The van der Waals surface area contributed by atoms with Crippen molar-refractivity contribution in [2.24, 2.45) is 5.84 Å². The molecule has 0 saturated heterocycles. The predicted molar refractivity (Wildman–Crippen MR) is 45.7 cm³/mol. The topological polar surface area (TPSA) is 124 Å². The molecule has 0 aliphatic heterocycles. The minimum atomic E-state index is -0.697. The molecule has 0 spiro atoms. The van der Waals surface area contributed by atoms with Crippen molar-refractivity contribution in [3.05, 3.63) is 43.4 Å². The Morgan fingerprint density at radius 2 is 1.93 bits per heavy atom. The minimum Gasteiger partial charge on any atom is -0.322 e. The molecule has 1 aliphatic rings. The van der Waals surface area contributed by atoms with E-state index in [1.54, 1.807) is 0 Å². The number of nitro groups is 2. The van der Waals surface area contributed by atoms with E-state index in [4.69, 9.17) is 5.84 Å². The third-order valence-electron chi connectivity index (χ3n) is 1.85. The smallest absolute Gasteiger partial charge is 0.296 e. The normalized spacial score (nSPS) is 16.2. The highest BCUT2D eigenvalue weighted by molar-refractivity contribution is 5.24. The lowest BCUT2D eigenvalue weighted by atomic mass is 10.1. The molecular weight excluding hydrogens is 192 g/mol. The lowest BCUT2D eigenvalue weighted by Crippen LogP contribution is -2.26. The summed E-state index contributed by atoms with van der Waals surface area (Å²) in [6, 6.07) is 0. The molecule has 3 N–H and O–H groups in total. The molecule has 1 rings (SSSR count). The van der Waals surface area contributed by atoms with Crippen LogP contribution in [0.15, 0.2) is 23.2 Å². The number of hydrazine groups is 1. The summed E-state index contributed by atoms with van der Waals surface area (Å²) < 4.78 is 0. The summed E-state index contributed by atoms with van der Waals surface area (Å²) in [7, 11) is 0. The van der Waals surface area contributed by atoms with E-state index in [0.717, 1.165) is 6.08 Å². The zero-order valence-corrected chi connectivity index (χ0v) is 7.10. The Labute approximate surface area is 78.3 Å². The van der Waals surface area contributed by atoms with Crippen molar-refractivity contribution >= 4 is 0 Å². The zero-order valence-electron chi connectivity index (χ0n) is 7.10. The molecule has 0 aromatic rings. The first-order valence-corrected chi connectivity index (χ1v) is 3.75. The summed E-state index contributed by atoms with van der Waals surface area (Å²) in [5.74, 6) is 5.04. The summed E-state index contributed by atoms with van der Waals surface area (Å²) in [5.41, 5.74) is 1.86. The molecule has 0 heterocycles. The highest BCUT2D eigenvalue weighted by Crippen LogP contribution is 2.22. The maximum absolute atomic E-state index is 10.5. The maximum Gasteiger partial charge on any atom is 0.296 e. The van der Waals surface area contributed by atoms with Gasteiger partial charge in [0.05, 0.1) is 15.9 Å². The van der Waals surface area contributed by atoms with Gasteiger partial charge < -0.3 is 5.43 Å². The number of nitrogens with zero attached hydrogens (tertiary/aromatic N) is 2. The van der Waals surface area contributed by atoms with Gasteiger partial charge in [0, 0.05) is 12.8 Å². The molecular formula is C6H8N4O4. The van der Waals surface area contributed by atoms with Crippen molar-refractivity contribution in [2.75, 3.05) is 0 Å². The van der Waals surface area contributed by atoms with Crippen molar-refractivity contribution in [3.8, 4) is 0 Å². The first kappa shape index (κ1) is 10.1. The van der Waals surface area contributed by atoms with E-state index in [-0.39, 0.29) is 29.9 Å². The van der Waals surface area contributed by atoms with Crippen LogP contribution in [-0.2, 0) is 0 Å². The molecule has 1 aliphatic carbocycles. The molecule has 0 aromatic heterocycles. The minimum absolute atomic E-state index is 0.143. The third kappa shape index (κ3) is 1.85. The van der Waals surface area contributed by atoms with E-state index < -0.39 is 9.85 Å². The fourth-order valence-corrected chi connectivity index (χ4v) is 1.15. The Morgan fingerprint density at radius 3 is 2.36 bits per heavy atom. The first-order chi connectivity index (χ1) is 6.56. The molecule has 0 amide bonds. The van der Waals surface area contributed by atoms with Gasteiger partial charge in [-0.15, -0.1) is 0 Å². The molecule has 8 nitrogen and oxygen atoms in total. The van der Waals surface area contributed by atoms with E-state index in [1.807, 2.05) is 0 Å². The molecule has 0 saturated carbocycles. The second-order valence-electron chi connectivity index (χ2n) is 2.66. The molecule has 0 unspecified atom stereocenters. The summed E-state index contributed by atoms with van der Waals surface area (Å²) in [6.07, 6.45) is 1.25. The van der Waals surface area contributed by atoms with Gasteiger partial charge >= 0.3 is 0 Å². The fourth-order valence-electron chi connectivity index (χ4n) is 1.15. The second-order valence-corrected chi connectivity index (χ2v) is 2.66. The molecule has 0 fully saturated rings. The average molecular weight is 200 g/mol. The molecule has 0 aromatic carbocycles. The Morgan fingerprint density at radius 1 is 1.29 bits per heavy atom. The van der Waals surface area contributed by atoms with Gasteiger partial charge in [0.1, 0.15) is 5.70 Å². The number of hydrogen-bond acceptors (Lipinski definition) is 6. The predicted octanol–water partition coefficient (Wildman–Crippen LogP) is -0.108. The average Bonchev–Trinajstić information content (AvgIpc) is 2.16. The zero-order chi connectivity index (χ0) is 10.7. The summed E-state index contributed by atoms with van der Waals surface area (Å²) in [5, 5.41) is 20.8. The molecule has 8 heteroatoms. The Kier molecular flexibility index (Phi) is 2.77. The van der Waals surface area contributed by atoms with Crippen LogP contribution in [-0.4, -0.2) is 9.85 Å². The van der Waals surface area contributed by atoms with Crippen LogP contribution in [0, 0.1) is 20.2 Å². The van der Waals surface area contributed by atoms with E-state index >= 15 is 0 Å². The SMILES string of the molecule is NNC1=C([N+](=O)[O-])C=C([N+](=O)[O-])CC1. The quantitative estimate of drug-likeness (QED) is 0.372. The van der Waals surface area contributed by atoms with Crippen molar-refractivity contribution in [3.63, 3.8) is 0 Å². The van der Waals surface area contributed by atoms with E-state index in [0.29, 0.717) is 0 Å². The van der Waals surface area contributed by atoms with Crippen LogP contribution in [0.25, 0.3) is 0 Å². The van der Waals surface area contributed by atoms with Crippen LogP contribution in [0.3, 0.4) is 0 Å². The summed E-state index contributed by atoms with van der Waals surface area (Å²) in [6.45, 7) is 0. The van der Waals surface area contributed by atoms with E-state index in [2.05, 4.69) is 5.43 Å². The van der Waals surface area contributed by atoms with Crippen LogP contribution in [0.4, 0.5) is 0 Å². The van der Waals surface area contributed by atoms with Gasteiger partial charge in [-0.2, -0.15) is 0 Å². The summed E-state index contributed by atoms with van der Waals surface area (Å²) in [4.78, 5) is 19.5. The Bertz CT molecular complexity index is 346. The van der Waals surface area contributed by atoms with Crippen molar-refractivity contribution in [1.29, 1.82) is 0 Å². The number of nitrogens with two attached hydrogens (primary N) is 1. The lowest BCUT2D eigenvalue weighted by molar-refractivity contribution is -0.439. The molecule has 0 atom stereocenters. The van der Waals surface area contributed by atoms with Gasteiger partial charge in [0.25, 0.3) is 11.4 Å². The van der Waals surface area contributed by atoms with Crippen molar-refractivity contribution < 1.29 is 9.85 Å². The highest BCUT2D eigenvalue weighted by Gasteiger charge is 2.27. The van der Waals surface area contributed by atoms with Gasteiger partial charge in [-0.3, -0.25) is 26.1 Å². The largest absolute Gasteiger partial charge is 0.322 e. The van der Waals surface area contributed by atoms with Crippen LogP contribution < -0.4 is 11.3 Å². The second kappa shape index (κ2) is 3.83. The Hall–Kier alpha value is -1.96. The standard InChI is InChI=1S/C6H8N4O4/c7-8-5-2-1-4(9(11)12)3-6(5)10(13)14/h3,8H,1-2,7H2. The fraction of sp³-hybridized carbons (Fsp3) is 0.333. The number of hydrogen-bond donors (Lipinski definition) is 2. The van der Waals surface area contributed by atoms with Gasteiger partial charge in [-0.05, 0) is 0 Å². The molecule has 14 heavy (non-hydrogen) atoms. The molecule has 0 bridgehead atoms. The van der Waals surface area contributed by atoms with E-state index in [9.17, 15) is 20.2 Å². The molecule has 76 valence electrons. The van der Waals surface area contributed by atoms with Gasteiger partial charge in [0.15, 0.2) is 0 Å². The monoisotopic (exact) mass is 200 g/mol.